The van der Waals surface area contributed by atoms with Crippen molar-refractivity contribution in [1.82, 2.24) is 0 Å². The predicted molar refractivity (Wildman–Crippen MR) is 70.9 cm³/mol. The van der Waals surface area contributed by atoms with Crippen LogP contribution in [0.25, 0.3) is 0 Å². The van der Waals surface area contributed by atoms with Gasteiger partial charge in [0.05, 0.1) is 0 Å². The van der Waals surface area contributed by atoms with Crippen LogP contribution in [-0.2, 0) is 0 Å². The smallest absolute Gasteiger partial charge is 0.124 e. The van der Waals surface area contributed by atoms with Gasteiger partial charge in [0.15, 0.2) is 0 Å². The number of hydrogen-bond donors (Lipinski definition) is 0. The zero-order valence-corrected chi connectivity index (χ0v) is 12.9. The van der Waals surface area contributed by atoms with E-state index in [0.717, 1.165) is 0 Å². The van der Waals surface area contributed by atoms with Crippen molar-refractivity contribution in [2.24, 2.45) is 0 Å². The van der Waals surface area contributed by atoms with Crippen molar-refractivity contribution in [3.63, 3.8) is 0 Å². The van der Waals surface area contributed by atoms with Crippen molar-refractivity contribution in [3.05, 3.63) is 0 Å². The molecule has 13 heavy (non-hydrogen) atoms. The third-order valence-corrected chi connectivity index (χ3v) is 23.2. The van der Waals surface area contributed by atoms with Crippen molar-refractivity contribution in [2.75, 3.05) is 0 Å². The summed E-state index contributed by atoms with van der Waals surface area (Å²) in [5, 5.41) is 0. The maximum atomic E-state index is 4.07. The Morgan fingerprint density at radius 1 is 1.15 bits per heavy atom. The second-order valence-electron chi connectivity index (χ2n) is 4.67. The first kappa shape index (κ1) is 12.0. The molecule has 1 fully saturated rings. The summed E-state index contributed by atoms with van der Waals surface area (Å²) in [7, 11) is -0.171. The molecule has 1 rings (SSSR count). The fourth-order valence-electron chi connectivity index (χ4n) is 2.37. The van der Waals surface area contributed by atoms with Gasteiger partial charge < -0.3 is 0 Å². The normalized spacial score (nSPS) is 33.0. The van der Waals surface area contributed by atoms with Crippen LogP contribution in [0, 0.1) is 0 Å². The summed E-state index contributed by atoms with van der Waals surface area (Å²) in [6.45, 7) is 3.88. The van der Waals surface area contributed by atoms with Crippen LogP contribution in [0.4, 0.5) is 0 Å². The minimum Gasteiger partial charge on any atom is -0.127 e. The van der Waals surface area contributed by atoms with Gasteiger partial charge in [-0.25, -0.2) is 0 Å². The average Bonchev–Trinajstić information content (AvgIpc) is 2.07. The third kappa shape index (κ3) is 3.88. The van der Waals surface area contributed by atoms with Gasteiger partial charge >= 0.3 is 0 Å². The zero-order valence-electron chi connectivity index (χ0n) is 9.11. The first-order valence-electron chi connectivity index (χ1n) is 5.89. The van der Waals surface area contributed by atoms with E-state index in [-0.39, 0.29) is 8.80 Å². The fourth-order valence-corrected chi connectivity index (χ4v) is 24.5. The first-order chi connectivity index (χ1) is 6.20. The molecule has 0 radical (unpaired) electrons. The highest BCUT2D eigenvalue weighted by atomic mass is 79.9. The summed E-state index contributed by atoms with van der Waals surface area (Å²) >= 11 is 4.07. The summed E-state index contributed by atoms with van der Waals surface area (Å²) in [5.41, 5.74) is 3.43. The second kappa shape index (κ2) is 5.71. The Hall–Kier alpha value is 0.914. The van der Waals surface area contributed by atoms with Crippen LogP contribution in [0.5, 0.6) is 0 Å². The molecule has 0 saturated carbocycles. The molecule has 1 aliphatic rings. The van der Waals surface area contributed by atoms with Gasteiger partial charge in [-0.15, -0.1) is 15.3 Å². The summed E-state index contributed by atoms with van der Waals surface area (Å²) in [4.78, 5) is 0. The molecule has 0 aliphatic carbocycles. The highest BCUT2D eigenvalue weighted by Crippen LogP contribution is 2.43. The lowest BCUT2D eigenvalue weighted by molar-refractivity contribution is 0.857. The largest absolute Gasteiger partial charge is 0.127 e. The van der Waals surface area contributed by atoms with Crippen molar-refractivity contribution < 1.29 is 0 Å². The fraction of sp³-hybridized carbons (Fsp3) is 1.00. The number of hydrogen-bond acceptors (Lipinski definition) is 0. The van der Waals surface area contributed by atoms with Gasteiger partial charge in [-0.3, -0.25) is 0 Å². The lowest BCUT2D eigenvalue weighted by atomic mass is 10.4. The molecule has 0 atom stereocenters. The topological polar surface area (TPSA) is 0 Å². The molecule has 78 valence electrons. The van der Waals surface area contributed by atoms with E-state index in [1.165, 1.54) is 25.7 Å². The van der Waals surface area contributed by atoms with Gasteiger partial charge in [0.2, 0.25) is 0 Å². The Morgan fingerprint density at radius 2 is 1.77 bits per heavy atom. The first-order valence-corrected chi connectivity index (χ1v) is 13.2. The molecule has 0 unspecified atom stereocenters. The number of halogens is 1. The molecule has 0 aromatic rings. The molecule has 0 bridgehead atoms. The van der Waals surface area contributed by atoms with Crippen LogP contribution in [-0.4, -0.2) is 15.5 Å². The van der Waals surface area contributed by atoms with Gasteiger partial charge in [0, 0.05) is 8.80 Å². The van der Waals surface area contributed by atoms with E-state index >= 15 is 0 Å². The van der Waals surface area contributed by atoms with E-state index in [9.17, 15) is 0 Å². The van der Waals surface area contributed by atoms with Crippen molar-refractivity contribution >= 4 is 30.8 Å². The lowest BCUT2D eigenvalue weighted by Gasteiger charge is -2.41. The Labute approximate surface area is 93.7 Å². The Bertz CT molecular complexity index is 144. The van der Waals surface area contributed by atoms with Gasteiger partial charge in [-0.2, -0.15) is 0 Å². The summed E-state index contributed by atoms with van der Waals surface area (Å²) in [6, 6.07) is 3.21. The molecule has 1 saturated heterocycles. The van der Waals surface area contributed by atoms with Crippen LogP contribution in [0.15, 0.2) is 0 Å². The van der Waals surface area contributed by atoms with E-state index in [4.69, 9.17) is 0 Å². The summed E-state index contributed by atoms with van der Waals surface area (Å²) < 4.78 is 0. The molecule has 1 heterocycles. The highest BCUT2D eigenvalue weighted by Gasteiger charge is 2.43. The predicted octanol–water partition coefficient (Wildman–Crippen LogP) is 4.25. The SMILES string of the molecule is CCCC[SiH]1C[Si](Br)(CCCC)C1. The summed E-state index contributed by atoms with van der Waals surface area (Å²) in [6.07, 6.45) is 5.80. The van der Waals surface area contributed by atoms with E-state index in [2.05, 4.69) is 29.1 Å². The Balaban J connectivity index is 2.07. The van der Waals surface area contributed by atoms with Gasteiger partial charge in [0.1, 0.15) is 6.69 Å². The maximum Gasteiger partial charge on any atom is 0.124 e. The molecular weight excluding hydrogens is 256 g/mol. The van der Waals surface area contributed by atoms with E-state index < -0.39 is 6.69 Å². The standard InChI is InChI=1S/C10H23BrSi2/c1-3-5-7-12-9-13(11,10-12)8-6-4-2/h12H,3-10H2,1-2H3. The van der Waals surface area contributed by atoms with E-state index in [1.54, 1.807) is 23.4 Å². The molecule has 1 aliphatic heterocycles. The van der Waals surface area contributed by atoms with Gasteiger partial charge in [0.25, 0.3) is 0 Å². The molecule has 0 amide bonds. The Morgan fingerprint density at radius 3 is 2.31 bits per heavy atom. The lowest BCUT2D eigenvalue weighted by Crippen LogP contribution is -2.48. The van der Waals surface area contributed by atoms with Gasteiger partial charge in [-0.05, 0) is 6.04 Å². The zero-order chi connectivity index (χ0) is 9.73. The maximum absolute atomic E-state index is 4.07. The highest BCUT2D eigenvalue weighted by molar-refractivity contribution is 9.26. The minimum absolute atomic E-state index is 0.171. The molecule has 0 N–H and O–H groups in total. The number of unbranched alkanes of at least 4 members (excludes halogenated alkanes) is 2. The van der Waals surface area contributed by atoms with Crippen molar-refractivity contribution in [3.8, 4) is 0 Å². The second-order valence-corrected chi connectivity index (χ2v) is 18.1. The average molecular weight is 279 g/mol. The van der Waals surface area contributed by atoms with Crippen LogP contribution >= 0.6 is 15.3 Å². The third-order valence-electron chi connectivity index (χ3n) is 3.25. The molecule has 3 heteroatoms. The molecule has 0 aromatic heterocycles. The minimum atomic E-state index is -0.757. The van der Waals surface area contributed by atoms with Crippen LogP contribution in [0.1, 0.15) is 39.5 Å². The Kier molecular flexibility index (Phi) is 5.27. The monoisotopic (exact) mass is 278 g/mol. The van der Waals surface area contributed by atoms with Gasteiger partial charge in [-0.1, -0.05) is 56.9 Å². The molecule has 0 nitrogen and oxygen atoms in total. The van der Waals surface area contributed by atoms with Crippen molar-refractivity contribution in [1.29, 1.82) is 0 Å². The van der Waals surface area contributed by atoms with Crippen LogP contribution in [0.3, 0.4) is 0 Å². The quantitative estimate of drug-likeness (QED) is 0.504. The number of rotatable bonds is 6. The van der Waals surface area contributed by atoms with Crippen molar-refractivity contribution in [2.45, 2.75) is 63.0 Å². The molecule has 0 aromatic carbocycles. The molecule has 0 spiro atoms. The van der Waals surface area contributed by atoms with Crippen LogP contribution < -0.4 is 0 Å². The van der Waals surface area contributed by atoms with Crippen LogP contribution in [0.2, 0.25) is 23.4 Å². The summed E-state index contributed by atoms with van der Waals surface area (Å²) in [5.74, 6) is 0. The van der Waals surface area contributed by atoms with E-state index in [0.29, 0.717) is 0 Å². The molecular formula is C10H23BrSi2. The van der Waals surface area contributed by atoms with E-state index in [1.807, 2.05) is 0 Å².